The van der Waals surface area contributed by atoms with Gasteiger partial charge in [0.2, 0.25) is 0 Å². The summed E-state index contributed by atoms with van der Waals surface area (Å²) in [5.74, 6) is 0. The molecule has 1 atom stereocenters. The Morgan fingerprint density at radius 1 is 1.33 bits per heavy atom. The molecule has 0 amide bonds. The maximum Gasteiger partial charge on any atom is -0.00720 e. The summed E-state index contributed by atoms with van der Waals surface area (Å²) in [5.41, 5.74) is 3.63. The molecule has 1 aromatic rings. The van der Waals surface area contributed by atoms with Gasteiger partial charge in [-0.2, -0.15) is 0 Å². The Bertz CT molecular complexity index is 288. The van der Waals surface area contributed by atoms with Gasteiger partial charge < -0.3 is 0 Å². The van der Waals surface area contributed by atoms with Crippen LogP contribution in [0.15, 0.2) is 24.3 Å². The van der Waals surface area contributed by atoms with Crippen molar-refractivity contribution in [3.63, 3.8) is 0 Å². The molecule has 0 saturated carbocycles. The number of aryl methyl sites for hydroxylation is 1. The zero-order chi connectivity index (χ0) is 8.60. The molecule has 1 unspecified atom stereocenters. The second kappa shape index (κ2) is 2.62. The van der Waals surface area contributed by atoms with Crippen LogP contribution >= 0.6 is 0 Å². The van der Waals surface area contributed by atoms with E-state index in [2.05, 4.69) is 38.1 Å². The normalized spacial score (nSPS) is 27.2. The Labute approximate surface area is 74.6 Å². The van der Waals surface area contributed by atoms with E-state index in [0.29, 0.717) is 5.41 Å². The van der Waals surface area contributed by atoms with E-state index < -0.39 is 0 Å². The van der Waals surface area contributed by atoms with Gasteiger partial charge in [-0.05, 0) is 35.8 Å². The molecule has 2 rings (SSSR count). The fraction of sp³-hybridized carbons (Fsp3) is 0.500. The van der Waals surface area contributed by atoms with Crippen molar-refractivity contribution in [1.29, 1.82) is 0 Å². The average molecular weight is 160 g/mol. The molecule has 1 aromatic carbocycles. The van der Waals surface area contributed by atoms with E-state index >= 15 is 0 Å². The van der Waals surface area contributed by atoms with Gasteiger partial charge >= 0.3 is 0 Å². The van der Waals surface area contributed by atoms with Crippen LogP contribution < -0.4 is 0 Å². The number of rotatable bonds is 1. The molecule has 0 aromatic heterocycles. The van der Waals surface area contributed by atoms with Gasteiger partial charge in [0.15, 0.2) is 0 Å². The molecule has 0 fully saturated rings. The highest BCUT2D eigenvalue weighted by Gasteiger charge is 2.31. The highest BCUT2D eigenvalue weighted by molar-refractivity contribution is 5.38. The Balaban J connectivity index is 2.49. The van der Waals surface area contributed by atoms with Crippen molar-refractivity contribution in [2.45, 2.75) is 38.5 Å². The van der Waals surface area contributed by atoms with Crippen LogP contribution in [-0.4, -0.2) is 0 Å². The summed E-state index contributed by atoms with van der Waals surface area (Å²) in [6.45, 7) is 4.68. The van der Waals surface area contributed by atoms with Crippen molar-refractivity contribution in [2.24, 2.45) is 0 Å². The maximum absolute atomic E-state index is 2.39. The van der Waals surface area contributed by atoms with Crippen molar-refractivity contribution < 1.29 is 0 Å². The van der Waals surface area contributed by atoms with Crippen molar-refractivity contribution in [2.75, 3.05) is 0 Å². The third-order valence-corrected chi connectivity index (χ3v) is 3.39. The van der Waals surface area contributed by atoms with Crippen LogP contribution in [0.4, 0.5) is 0 Å². The molecule has 0 spiro atoms. The largest absolute Gasteiger partial charge is 0.0645 e. The summed E-state index contributed by atoms with van der Waals surface area (Å²) in [4.78, 5) is 0. The minimum absolute atomic E-state index is 0.469. The number of hydrogen-bond acceptors (Lipinski definition) is 0. The third kappa shape index (κ3) is 0.979. The lowest BCUT2D eigenvalue weighted by molar-refractivity contribution is 0.453. The molecular weight excluding hydrogens is 144 g/mol. The predicted molar refractivity (Wildman–Crippen MR) is 52.4 cm³/mol. The van der Waals surface area contributed by atoms with Crippen molar-refractivity contribution in [1.82, 2.24) is 0 Å². The standard InChI is InChI=1S/C12H16/c1-3-12(2)9-8-10-6-4-5-7-11(10)12/h4-7H,3,8-9H2,1-2H3. The predicted octanol–water partition coefficient (Wildman–Crippen LogP) is 3.30. The number of benzene rings is 1. The lowest BCUT2D eigenvalue weighted by atomic mass is 9.82. The zero-order valence-corrected chi connectivity index (χ0v) is 7.93. The third-order valence-electron chi connectivity index (χ3n) is 3.39. The first-order chi connectivity index (χ1) is 5.76. The Kier molecular flexibility index (Phi) is 1.71. The van der Waals surface area contributed by atoms with E-state index in [4.69, 9.17) is 0 Å². The number of fused-ring (bicyclic) bond motifs is 1. The molecule has 12 heavy (non-hydrogen) atoms. The first-order valence-corrected chi connectivity index (χ1v) is 4.85. The van der Waals surface area contributed by atoms with Gasteiger partial charge in [0.1, 0.15) is 0 Å². The SMILES string of the molecule is CCC1(C)CCc2ccccc21. The van der Waals surface area contributed by atoms with Gasteiger partial charge in [-0.25, -0.2) is 0 Å². The summed E-state index contributed by atoms with van der Waals surface area (Å²) in [7, 11) is 0. The van der Waals surface area contributed by atoms with E-state index in [1.165, 1.54) is 19.3 Å². The summed E-state index contributed by atoms with van der Waals surface area (Å²) in [6, 6.07) is 8.89. The first-order valence-electron chi connectivity index (χ1n) is 4.85. The molecule has 0 saturated heterocycles. The van der Waals surface area contributed by atoms with Crippen molar-refractivity contribution in [3.05, 3.63) is 35.4 Å². The molecule has 0 bridgehead atoms. The summed E-state index contributed by atoms with van der Waals surface area (Å²) >= 11 is 0. The zero-order valence-electron chi connectivity index (χ0n) is 7.93. The molecule has 0 nitrogen and oxygen atoms in total. The lowest BCUT2D eigenvalue weighted by Crippen LogP contribution is -2.15. The highest BCUT2D eigenvalue weighted by atomic mass is 14.4. The highest BCUT2D eigenvalue weighted by Crippen LogP contribution is 2.40. The van der Waals surface area contributed by atoms with Crippen LogP contribution in [-0.2, 0) is 11.8 Å². The van der Waals surface area contributed by atoms with E-state index in [9.17, 15) is 0 Å². The first kappa shape index (κ1) is 7.85. The van der Waals surface area contributed by atoms with Crippen LogP contribution in [0.2, 0.25) is 0 Å². The second-order valence-electron chi connectivity index (χ2n) is 4.07. The molecule has 1 aliphatic carbocycles. The van der Waals surface area contributed by atoms with Crippen molar-refractivity contribution in [3.8, 4) is 0 Å². The fourth-order valence-electron chi connectivity index (χ4n) is 2.24. The van der Waals surface area contributed by atoms with Gasteiger partial charge in [0.25, 0.3) is 0 Å². The summed E-state index contributed by atoms with van der Waals surface area (Å²) in [6.07, 6.45) is 3.88. The Hall–Kier alpha value is -0.780. The van der Waals surface area contributed by atoms with Crippen LogP contribution in [0, 0.1) is 0 Å². The average Bonchev–Trinajstić information content (AvgIpc) is 2.46. The van der Waals surface area contributed by atoms with Crippen LogP contribution in [0.1, 0.15) is 37.8 Å². The molecule has 0 heterocycles. The topological polar surface area (TPSA) is 0 Å². The maximum atomic E-state index is 2.39. The lowest BCUT2D eigenvalue weighted by Gasteiger charge is -2.23. The summed E-state index contributed by atoms with van der Waals surface area (Å²) < 4.78 is 0. The van der Waals surface area contributed by atoms with E-state index in [1.807, 2.05) is 0 Å². The van der Waals surface area contributed by atoms with Crippen LogP contribution in [0.25, 0.3) is 0 Å². The molecule has 0 radical (unpaired) electrons. The van der Waals surface area contributed by atoms with Gasteiger partial charge in [-0.3, -0.25) is 0 Å². The van der Waals surface area contributed by atoms with Gasteiger partial charge in [-0.1, -0.05) is 38.1 Å². The monoisotopic (exact) mass is 160 g/mol. The molecular formula is C12H16. The minimum atomic E-state index is 0.469. The summed E-state index contributed by atoms with van der Waals surface area (Å²) in [5, 5.41) is 0. The molecule has 1 aliphatic rings. The second-order valence-corrected chi connectivity index (χ2v) is 4.07. The molecule has 0 N–H and O–H groups in total. The van der Waals surface area contributed by atoms with Crippen LogP contribution in [0.3, 0.4) is 0 Å². The van der Waals surface area contributed by atoms with E-state index in [0.717, 1.165) is 0 Å². The molecule has 0 heteroatoms. The Morgan fingerprint density at radius 2 is 2.08 bits per heavy atom. The molecule has 0 aliphatic heterocycles. The van der Waals surface area contributed by atoms with E-state index in [-0.39, 0.29) is 0 Å². The van der Waals surface area contributed by atoms with Crippen LogP contribution in [0.5, 0.6) is 0 Å². The van der Waals surface area contributed by atoms with Gasteiger partial charge in [-0.15, -0.1) is 0 Å². The van der Waals surface area contributed by atoms with Gasteiger partial charge in [0, 0.05) is 0 Å². The quantitative estimate of drug-likeness (QED) is 0.591. The number of hydrogen-bond donors (Lipinski definition) is 0. The van der Waals surface area contributed by atoms with Crippen molar-refractivity contribution >= 4 is 0 Å². The fourth-order valence-corrected chi connectivity index (χ4v) is 2.24. The minimum Gasteiger partial charge on any atom is -0.0645 e. The Morgan fingerprint density at radius 3 is 2.83 bits per heavy atom. The van der Waals surface area contributed by atoms with Gasteiger partial charge in [0.05, 0.1) is 0 Å². The molecule has 64 valence electrons. The van der Waals surface area contributed by atoms with E-state index in [1.54, 1.807) is 11.1 Å². The smallest absolute Gasteiger partial charge is 0.00720 e.